The molecule has 1 aromatic heterocycles. The number of benzene rings is 4. The molecule has 0 radical (unpaired) electrons. The number of hydrogen-bond donors (Lipinski definition) is 3. The van der Waals surface area contributed by atoms with E-state index in [0.29, 0.717) is 50.2 Å². The van der Waals surface area contributed by atoms with Crippen LogP contribution in [0.3, 0.4) is 0 Å². The Labute approximate surface area is 404 Å². The molecule has 2 saturated heterocycles. The topological polar surface area (TPSA) is 149 Å². The number of aliphatic hydroxyl groups is 1. The highest BCUT2D eigenvalue weighted by atomic mass is 35.5. The van der Waals surface area contributed by atoms with Crippen LogP contribution in [-0.2, 0) is 58.3 Å². The summed E-state index contributed by atoms with van der Waals surface area (Å²) < 4.78 is 51.2. The van der Waals surface area contributed by atoms with Gasteiger partial charge in [0, 0.05) is 42.7 Å². The molecule has 2 aliphatic heterocycles. The Hall–Kier alpha value is -6.23. The molecule has 364 valence electrons. The highest BCUT2D eigenvalue weighted by Crippen LogP contribution is 2.43. The minimum atomic E-state index is -4.75. The number of hydrogen-bond acceptors (Lipinski definition) is 8. The van der Waals surface area contributed by atoms with Crippen LogP contribution in [0.1, 0.15) is 72.2 Å². The maximum atomic E-state index is 15.3. The van der Waals surface area contributed by atoms with E-state index < -0.39 is 66.2 Å². The van der Waals surface area contributed by atoms with Crippen LogP contribution in [-0.4, -0.2) is 104 Å². The molecule has 1 aliphatic carbocycles. The van der Waals surface area contributed by atoms with E-state index in [-0.39, 0.29) is 41.9 Å². The van der Waals surface area contributed by atoms with E-state index >= 15 is 9.59 Å². The number of halogens is 4. The van der Waals surface area contributed by atoms with Gasteiger partial charge in [-0.1, -0.05) is 54.1 Å². The van der Waals surface area contributed by atoms with Crippen LogP contribution in [0.15, 0.2) is 97.2 Å². The lowest BCUT2D eigenvalue weighted by atomic mass is 9.80. The lowest BCUT2D eigenvalue weighted by molar-refractivity contribution is -0.148. The molecule has 0 saturated carbocycles. The molecule has 69 heavy (non-hydrogen) atoms. The van der Waals surface area contributed by atoms with Gasteiger partial charge in [-0.05, 0) is 124 Å². The molecular weight excluding hydrogens is 911 g/mol. The molecule has 5 aromatic rings. The monoisotopic (exact) mass is 967 g/mol. The lowest BCUT2D eigenvalue weighted by Crippen LogP contribution is -2.65. The number of imidazole rings is 1. The highest BCUT2D eigenvalue weighted by Gasteiger charge is 2.46. The number of alkyl halides is 3. The van der Waals surface area contributed by atoms with Crippen LogP contribution in [0.2, 0.25) is 5.02 Å². The fourth-order valence-electron chi connectivity index (χ4n) is 10.1. The quantitative estimate of drug-likeness (QED) is 0.125. The molecule has 5 atom stereocenters. The molecule has 4 amide bonds. The normalized spacial score (nSPS) is 22.6. The van der Waals surface area contributed by atoms with E-state index in [0.717, 1.165) is 45.9 Å². The first-order chi connectivity index (χ1) is 32.9. The summed E-state index contributed by atoms with van der Waals surface area (Å²) in [6, 6.07) is 22.0. The summed E-state index contributed by atoms with van der Waals surface area (Å²) in [7, 11) is 5.78. The van der Waals surface area contributed by atoms with Crippen LogP contribution in [0.25, 0.3) is 11.3 Å². The number of aryl methyl sites for hydroxylation is 1. The average Bonchev–Trinajstić information content (AvgIpc) is 3.91. The Bertz CT molecular complexity index is 2690. The van der Waals surface area contributed by atoms with Crippen molar-refractivity contribution in [2.75, 3.05) is 33.8 Å². The number of carbonyl (C=O) groups excluding carboxylic acids is 4. The molecule has 0 unspecified atom stereocenters. The first kappa shape index (κ1) is 49.2. The number of aliphatic hydroxyl groups excluding tert-OH is 1. The predicted octanol–water partition coefficient (Wildman–Crippen LogP) is 7.28. The number of piperidine rings is 1. The van der Waals surface area contributed by atoms with Gasteiger partial charge in [-0.25, -0.2) is 4.98 Å². The molecule has 13 nitrogen and oxygen atoms in total. The van der Waals surface area contributed by atoms with Gasteiger partial charge in [-0.15, -0.1) is 0 Å². The summed E-state index contributed by atoms with van der Waals surface area (Å²) in [5.74, 6) is -2.78. The van der Waals surface area contributed by atoms with Gasteiger partial charge in [0.2, 0.25) is 23.6 Å². The maximum Gasteiger partial charge on any atom is 0.416 e. The predicted molar refractivity (Wildman–Crippen MR) is 254 cm³/mol. The van der Waals surface area contributed by atoms with Crippen LogP contribution < -0.4 is 15.4 Å². The van der Waals surface area contributed by atoms with Gasteiger partial charge in [0.15, 0.2) is 0 Å². The minimum Gasteiger partial charge on any atom is -0.457 e. The van der Waals surface area contributed by atoms with Crippen LogP contribution in [0.5, 0.6) is 11.5 Å². The van der Waals surface area contributed by atoms with Crippen molar-refractivity contribution < 1.29 is 42.2 Å². The van der Waals surface area contributed by atoms with Crippen molar-refractivity contribution in [3.8, 4) is 22.8 Å². The van der Waals surface area contributed by atoms with Gasteiger partial charge >= 0.3 is 6.18 Å². The van der Waals surface area contributed by atoms with E-state index in [4.69, 9.17) is 16.3 Å². The first-order valence-electron chi connectivity index (χ1n) is 23.2. The fraction of sp³-hybridized carbons (Fsp3) is 0.404. The second kappa shape index (κ2) is 20.4. The summed E-state index contributed by atoms with van der Waals surface area (Å²) in [6.45, 7) is 1.33. The number of amides is 4. The van der Waals surface area contributed by atoms with Crippen molar-refractivity contribution in [1.29, 1.82) is 0 Å². The largest absolute Gasteiger partial charge is 0.457 e. The van der Waals surface area contributed by atoms with Crippen LogP contribution in [0, 0.1) is 5.92 Å². The smallest absolute Gasteiger partial charge is 0.416 e. The Kier molecular flexibility index (Phi) is 14.5. The summed E-state index contributed by atoms with van der Waals surface area (Å²) in [6.07, 6.45) is -0.731. The summed E-state index contributed by atoms with van der Waals surface area (Å²) in [4.78, 5) is 68.4. The zero-order valence-electron chi connectivity index (χ0n) is 39.1. The molecule has 3 N–H and O–H groups in total. The number of nitrogens with one attached hydrogen (secondary N) is 2. The Balaban J connectivity index is 1.16. The van der Waals surface area contributed by atoms with Crippen molar-refractivity contribution in [3.05, 3.63) is 136 Å². The van der Waals surface area contributed by atoms with E-state index in [2.05, 4.69) is 15.6 Å². The standard InChI is InChI=1S/C52H57ClF3N7O6/c1-32-48(66)58-43(30-64)49(67)59-51(26-33-10-17-38(53)18-11-33)22-7-23-62(31-51)50(68)42(41-21-15-34-8-5-6-9-40(34)41)25-47(65)63(32)28-36-12-16-37(52(54,55)56)24-45(36)69-39-19-13-35(14-20-39)44-27-57-46(61(44)4)29-60(2)3/h5-6,8-14,16-20,24,27,32,41-43,64H,7,15,21-23,25-26,28-31H2,1-4H3,(H,58,66)(H,59,67)/t32-,41+,42-,43-,51+/m0/s1. The zero-order valence-corrected chi connectivity index (χ0v) is 39.8. The Morgan fingerprint density at radius 3 is 2.41 bits per heavy atom. The molecule has 4 aromatic carbocycles. The second-order valence-corrected chi connectivity index (χ2v) is 19.3. The number of carbonyl (C=O) groups is 4. The summed E-state index contributed by atoms with van der Waals surface area (Å²) >= 11 is 6.22. The number of nitrogens with zero attached hydrogens (tertiary/aromatic N) is 5. The molecule has 0 spiro atoms. The van der Waals surface area contributed by atoms with Crippen molar-refractivity contribution >= 4 is 35.2 Å². The third-order valence-electron chi connectivity index (χ3n) is 13.7. The average molecular weight is 969 g/mol. The van der Waals surface area contributed by atoms with Gasteiger partial charge in [-0.3, -0.25) is 19.2 Å². The van der Waals surface area contributed by atoms with Gasteiger partial charge in [0.1, 0.15) is 29.4 Å². The van der Waals surface area contributed by atoms with Crippen LogP contribution >= 0.6 is 11.6 Å². The SMILES string of the molecule is C[C@H]1C(=O)N[C@@H](CO)C(=O)N[C@@]2(Cc3ccc(Cl)cc3)CCCN(C2)C(=O)[C@H]([C@@H]2CCc3ccccc32)CC(=O)N1Cc1ccc(C(F)(F)F)cc1Oc1ccc(-c2cnc(CN(C)C)n2C)cc1. The molecule has 2 fully saturated rings. The Morgan fingerprint density at radius 1 is 0.957 bits per heavy atom. The molecule has 2 bridgehead atoms. The lowest BCUT2D eigenvalue weighted by Gasteiger charge is -2.46. The number of rotatable bonds is 11. The zero-order chi connectivity index (χ0) is 49.2. The van der Waals surface area contributed by atoms with Gasteiger partial charge in [-0.2, -0.15) is 13.2 Å². The molecular formula is C52H57ClF3N7O6. The van der Waals surface area contributed by atoms with Crippen LogP contribution in [0.4, 0.5) is 13.2 Å². The maximum absolute atomic E-state index is 15.3. The highest BCUT2D eigenvalue weighted by molar-refractivity contribution is 6.30. The van der Waals surface area contributed by atoms with E-state index in [1.165, 1.54) is 17.9 Å². The Morgan fingerprint density at radius 2 is 1.70 bits per heavy atom. The summed E-state index contributed by atoms with van der Waals surface area (Å²) in [5.41, 5.74) is 2.64. The third-order valence-corrected chi connectivity index (χ3v) is 14.0. The van der Waals surface area contributed by atoms with E-state index in [1.807, 2.05) is 67.0 Å². The fourth-order valence-corrected chi connectivity index (χ4v) is 10.2. The minimum absolute atomic E-state index is 0.0955. The van der Waals surface area contributed by atoms with Crippen molar-refractivity contribution in [2.45, 2.75) is 88.3 Å². The first-order valence-corrected chi connectivity index (χ1v) is 23.6. The number of aromatic nitrogens is 2. The van der Waals surface area contributed by atoms with Crippen molar-refractivity contribution in [2.24, 2.45) is 13.0 Å². The second-order valence-electron chi connectivity index (χ2n) is 18.8. The summed E-state index contributed by atoms with van der Waals surface area (Å²) in [5, 5.41) is 16.9. The molecule has 3 aliphatic rings. The molecule has 8 rings (SSSR count). The third kappa shape index (κ3) is 11.0. The van der Waals surface area contributed by atoms with Crippen molar-refractivity contribution in [3.63, 3.8) is 0 Å². The number of ether oxygens (including phenoxy) is 1. The van der Waals surface area contributed by atoms with Crippen molar-refractivity contribution in [1.82, 2.24) is 34.9 Å². The van der Waals surface area contributed by atoms with E-state index in [9.17, 15) is 27.9 Å². The number of fused-ring (bicyclic) bond motifs is 3. The van der Waals surface area contributed by atoms with Gasteiger partial charge in [0.05, 0.1) is 48.6 Å². The molecule has 3 heterocycles. The van der Waals surface area contributed by atoms with E-state index in [1.54, 1.807) is 47.5 Å². The van der Waals surface area contributed by atoms with Gasteiger partial charge in [0.25, 0.3) is 0 Å². The molecule has 17 heteroatoms. The van der Waals surface area contributed by atoms with Gasteiger partial charge < -0.3 is 39.7 Å².